The first kappa shape index (κ1) is 13.0. The Labute approximate surface area is 99.1 Å². The van der Waals surface area contributed by atoms with E-state index in [1.54, 1.807) is 4.90 Å². The highest BCUT2D eigenvalue weighted by atomic mass is 35.5. The molecule has 0 aromatic rings. The molecule has 0 aromatic carbocycles. The van der Waals surface area contributed by atoms with E-state index in [9.17, 15) is 9.18 Å². The fourth-order valence-electron chi connectivity index (χ4n) is 1.59. The lowest BCUT2D eigenvalue weighted by molar-refractivity contribution is -0.130. The van der Waals surface area contributed by atoms with Gasteiger partial charge in [-0.05, 0) is 0 Å². The molecule has 0 bridgehead atoms. The van der Waals surface area contributed by atoms with E-state index >= 15 is 0 Å². The Kier molecular flexibility index (Phi) is 4.62. The lowest BCUT2D eigenvalue weighted by Gasteiger charge is -2.35. The van der Waals surface area contributed by atoms with Crippen molar-refractivity contribution in [3.63, 3.8) is 0 Å². The molecule has 1 rings (SSSR count). The largest absolute Gasteiger partial charge is 0.340 e. The van der Waals surface area contributed by atoms with Crippen LogP contribution in [0.2, 0.25) is 0 Å². The molecule has 1 atom stereocenters. The molecule has 0 aromatic heterocycles. The number of halogens is 3. The molecule has 1 amide bonds. The third kappa shape index (κ3) is 4.13. The average molecular weight is 257 g/mol. The van der Waals surface area contributed by atoms with Crippen molar-refractivity contribution in [1.82, 2.24) is 9.80 Å². The van der Waals surface area contributed by atoms with Gasteiger partial charge >= 0.3 is 0 Å². The highest BCUT2D eigenvalue weighted by Gasteiger charge is 2.30. The fourth-order valence-corrected chi connectivity index (χ4v) is 1.84. The lowest BCUT2D eigenvalue weighted by Crippen LogP contribution is -2.51. The minimum absolute atomic E-state index is 0.0596. The van der Waals surface area contributed by atoms with E-state index in [1.807, 2.05) is 4.90 Å². The molecular formula is C9H15Cl2FN2O. The molecular weight excluding hydrogens is 242 g/mol. The summed E-state index contributed by atoms with van der Waals surface area (Å²) >= 11 is 10.9. The number of nitrogens with zero attached hydrogens (tertiary/aromatic N) is 2. The van der Waals surface area contributed by atoms with E-state index in [2.05, 4.69) is 0 Å². The average Bonchev–Trinajstić information content (AvgIpc) is 2.18. The second-order valence-corrected chi connectivity index (χ2v) is 4.72. The highest BCUT2D eigenvalue weighted by Crippen LogP contribution is 2.21. The van der Waals surface area contributed by atoms with Gasteiger partial charge in [0.25, 0.3) is 0 Å². The standard InChI is InChI=1S/C9H15Cl2FN2O/c1-8(15)14-4-2-13(3-5-14)7-9(11,12)6-10/h2-7H2,1H3. The van der Waals surface area contributed by atoms with Crippen LogP contribution in [0.15, 0.2) is 0 Å². The normalized spacial score (nSPS) is 22.5. The predicted octanol–water partition coefficient (Wildman–Crippen LogP) is 1.29. The Balaban J connectivity index is 2.35. The molecule has 0 saturated carbocycles. The van der Waals surface area contributed by atoms with E-state index in [1.165, 1.54) is 6.92 Å². The Hall–Kier alpha value is -0.0600. The summed E-state index contributed by atoms with van der Waals surface area (Å²) in [5.74, 6) is -0.161. The Morgan fingerprint density at radius 1 is 1.40 bits per heavy atom. The summed E-state index contributed by atoms with van der Waals surface area (Å²) < 4.78 is 13.4. The first-order chi connectivity index (χ1) is 6.94. The lowest BCUT2D eigenvalue weighted by atomic mass is 10.3. The summed E-state index contributed by atoms with van der Waals surface area (Å²) in [7, 11) is 0. The molecule has 88 valence electrons. The predicted molar refractivity (Wildman–Crippen MR) is 59.1 cm³/mol. The molecule has 1 heterocycles. The Bertz CT molecular complexity index is 230. The van der Waals surface area contributed by atoms with Gasteiger partial charge in [-0.15, -0.1) is 11.6 Å². The van der Waals surface area contributed by atoms with Crippen LogP contribution in [-0.4, -0.2) is 59.4 Å². The molecule has 0 N–H and O–H groups in total. The maximum Gasteiger partial charge on any atom is 0.219 e. The van der Waals surface area contributed by atoms with Crippen LogP contribution in [0.1, 0.15) is 6.92 Å². The van der Waals surface area contributed by atoms with Gasteiger partial charge in [-0.3, -0.25) is 9.69 Å². The van der Waals surface area contributed by atoms with Gasteiger partial charge in [-0.1, -0.05) is 11.6 Å². The summed E-state index contributed by atoms with van der Waals surface area (Å²) in [5, 5.41) is -1.86. The molecule has 0 radical (unpaired) electrons. The molecule has 6 heteroatoms. The number of piperazine rings is 1. The topological polar surface area (TPSA) is 23.6 Å². The molecule has 15 heavy (non-hydrogen) atoms. The van der Waals surface area contributed by atoms with Crippen LogP contribution in [-0.2, 0) is 4.79 Å². The van der Waals surface area contributed by atoms with Crippen molar-refractivity contribution in [2.75, 3.05) is 38.6 Å². The second kappa shape index (κ2) is 5.32. The van der Waals surface area contributed by atoms with Crippen LogP contribution < -0.4 is 0 Å². The van der Waals surface area contributed by atoms with E-state index in [-0.39, 0.29) is 18.3 Å². The van der Waals surface area contributed by atoms with Crippen LogP contribution in [0, 0.1) is 0 Å². The van der Waals surface area contributed by atoms with Gasteiger partial charge < -0.3 is 4.90 Å². The summed E-state index contributed by atoms with van der Waals surface area (Å²) in [5.41, 5.74) is 0. The zero-order valence-electron chi connectivity index (χ0n) is 8.68. The van der Waals surface area contributed by atoms with Gasteiger partial charge in [0.15, 0.2) is 0 Å². The number of alkyl halides is 3. The van der Waals surface area contributed by atoms with Crippen molar-refractivity contribution in [3.8, 4) is 0 Å². The third-order valence-corrected chi connectivity index (χ3v) is 3.28. The van der Waals surface area contributed by atoms with Crippen LogP contribution >= 0.6 is 23.2 Å². The summed E-state index contributed by atoms with van der Waals surface area (Å²) in [6.45, 7) is 4.21. The molecule has 0 aliphatic carbocycles. The molecule has 1 saturated heterocycles. The number of carbonyl (C=O) groups excluding carboxylic acids is 1. The van der Waals surface area contributed by atoms with Crippen LogP contribution in [0.25, 0.3) is 0 Å². The third-order valence-electron chi connectivity index (χ3n) is 2.47. The van der Waals surface area contributed by atoms with Gasteiger partial charge in [0, 0.05) is 39.6 Å². The van der Waals surface area contributed by atoms with Crippen molar-refractivity contribution in [3.05, 3.63) is 0 Å². The van der Waals surface area contributed by atoms with Crippen LogP contribution in [0.5, 0.6) is 0 Å². The Morgan fingerprint density at radius 2 is 1.93 bits per heavy atom. The zero-order chi connectivity index (χ0) is 11.5. The van der Waals surface area contributed by atoms with Crippen molar-refractivity contribution in [2.24, 2.45) is 0 Å². The van der Waals surface area contributed by atoms with Gasteiger partial charge in [-0.25, -0.2) is 4.39 Å². The SMILES string of the molecule is CC(=O)N1CCN(CC(F)(Cl)CCl)CC1. The number of amides is 1. The number of hydrogen-bond acceptors (Lipinski definition) is 2. The van der Waals surface area contributed by atoms with Crippen molar-refractivity contribution in [1.29, 1.82) is 0 Å². The first-order valence-corrected chi connectivity index (χ1v) is 5.77. The zero-order valence-corrected chi connectivity index (χ0v) is 10.2. The molecule has 1 fully saturated rings. The minimum Gasteiger partial charge on any atom is -0.340 e. The van der Waals surface area contributed by atoms with Gasteiger partial charge in [0.2, 0.25) is 11.0 Å². The second-order valence-electron chi connectivity index (χ2n) is 3.77. The van der Waals surface area contributed by atoms with E-state index in [0.29, 0.717) is 26.2 Å². The van der Waals surface area contributed by atoms with E-state index < -0.39 is 5.13 Å². The quantitative estimate of drug-likeness (QED) is 0.711. The van der Waals surface area contributed by atoms with Crippen LogP contribution in [0.4, 0.5) is 4.39 Å². The summed E-state index contributed by atoms with van der Waals surface area (Å²) in [4.78, 5) is 14.7. The number of carbonyl (C=O) groups is 1. The summed E-state index contributed by atoms with van der Waals surface area (Å²) in [6.07, 6.45) is 0. The Morgan fingerprint density at radius 3 is 2.33 bits per heavy atom. The van der Waals surface area contributed by atoms with Gasteiger partial charge in [0.1, 0.15) is 0 Å². The molecule has 3 nitrogen and oxygen atoms in total. The maximum atomic E-state index is 13.4. The van der Waals surface area contributed by atoms with Gasteiger partial charge in [0.05, 0.1) is 5.88 Å². The smallest absolute Gasteiger partial charge is 0.219 e. The van der Waals surface area contributed by atoms with Crippen molar-refractivity contribution in [2.45, 2.75) is 12.1 Å². The maximum absolute atomic E-state index is 13.4. The number of rotatable bonds is 3. The summed E-state index contributed by atoms with van der Waals surface area (Å²) in [6, 6.07) is 0. The van der Waals surface area contributed by atoms with E-state index in [0.717, 1.165) is 0 Å². The van der Waals surface area contributed by atoms with E-state index in [4.69, 9.17) is 23.2 Å². The number of hydrogen-bond donors (Lipinski definition) is 0. The van der Waals surface area contributed by atoms with Crippen molar-refractivity contribution < 1.29 is 9.18 Å². The van der Waals surface area contributed by atoms with Gasteiger partial charge in [-0.2, -0.15) is 0 Å². The van der Waals surface area contributed by atoms with Crippen molar-refractivity contribution >= 4 is 29.1 Å². The molecule has 0 spiro atoms. The molecule has 1 aliphatic heterocycles. The molecule has 1 aliphatic rings. The highest BCUT2D eigenvalue weighted by molar-refractivity contribution is 6.30. The first-order valence-electron chi connectivity index (χ1n) is 4.86. The van der Waals surface area contributed by atoms with Crippen LogP contribution in [0.3, 0.4) is 0 Å². The minimum atomic E-state index is -1.86. The fraction of sp³-hybridized carbons (Fsp3) is 0.889. The molecule has 1 unspecified atom stereocenters. The monoisotopic (exact) mass is 256 g/mol.